The van der Waals surface area contributed by atoms with Gasteiger partial charge in [0.1, 0.15) is 4.60 Å². The van der Waals surface area contributed by atoms with Crippen molar-refractivity contribution in [2.75, 3.05) is 0 Å². The lowest BCUT2D eigenvalue weighted by atomic mass is 10.2. The van der Waals surface area contributed by atoms with E-state index in [0.717, 1.165) is 0 Å². The molecule has 0 saturated carbocycles. The third kappa shape index (κ3) is 1.59. The Morgan fingerprint density at radius 1 is 1.75 bits per heavy atom. The van der Waals surface area contributed by atoms with E-state index in [1.807, 2.05) is 0 Å². The molecule has 6 heteroatoms. The average Bonchev–Trinajstić information content (AvgIpc) is 2.03. The van der Waals surface area contributed by atoms with Gasteiger partial charge < -0.3 is 5.73 Å². The number of nitro groups is 1. The largest absolute Gasteiger partial charge is 0.326 e. The van der Waals surface area contributed by atoms with E-state index in [0.29, 0.717) is 10.2 Å². The third-order valence-electron chi connectivity index (χ3n) is 1.38. The Balaban J connectivity index is 3.27. The minimum Gasteiger partial charge on any atom is -0.326 e. The summed E-state index contributed by atoms with van der Waals surface area (Å²) in [5, 5.41) is 10.4. The summed E-state index contributed by atoms with van der Waals surface area (Å²) in [7, 11) is 0. The third-order valence-corrected chi connectivity index (χ3v) is 2.06. The topological polar surface area (TPSA) is 82.0 Å². The van der Waals surface area contributed by atoms with Crippen molar-refractivity contribution in [2.24, 2.45) is 5.73 Å². The molecule has 0 unspecified atom stereocenters. The molecule has 12 heavy (non-hydrogen) atoms. The van der Waals surface area contributed by atoms with Gasteiger partial charge in [-0.3, -0.25) is 10.1 Å². The van der Waals surface area contributed by atoms with Gasteiger partial charge in [0.2, 0.25) is 0 Å². The highest BCUT2D eigenvalue weighted by Gasteiger charge is 2.14. The van der Waals surface area contributed by atoms with Crippen molar-refractivity contribution in [3.8, 4) is 0 Å². The van der Waals surface area contributed by atoms with Crippen LogP contribution in [0.1, 0.15) is 5.56 Å². The van der Waals surface area contributed by atoms with E-state index in [4.69, 9.17) is 5.73 Å². The fourth-order valence-corrected chi connectivity index (χ4v) is 1.30. The highest BCUT2D eigenvalue weighted by Crippen LogP contribution is 2.23. The van der Waals surface area contributed by atoms with Crippen molar-refractivity contribution >= 4 is 21.6 Å². The Bertz CT molecular complexity index is 316. The summed E-state index contributed by atoms with van der Waals surface area (Å²) in [5.41, 5.74) is 5.73. The molecule has 1 rings (SSSR count). The zero-order valence-corrected chi connectivity index (χ0v) is 7.61. The summed E-state index contributed by atoms with van der Waals surface area (Å²) in [6, 6.07) is 1.33. The molecule has 1 aromatic rings. The summed E-state index contributed by atoms with van der Waals surface area (Å²) >= 11 is 3.08. The molecular formula is C6H6BrN3O2. The van der Waals surface area contributed by atoms with Crippen LogP contribution >= 0.6 is 15.9 Å². The maximum absolute atomic E-state index is 10.4. The zero-order chi connectivity index (χ0) is 9.14. The molecule has 0 amide bonds. The molecule has 0 aliphatic rings. The standard InChI is InChI=1S/C6H6BrN3O2/c7-6-4(3-8)5(10(11)12)1-2-9-6/h1-2H,3,8H2. The first-order valence-electron chi connectivity index (χ1n) is 3.14. The number of pyridine rings is 1. The average molecular weight is 232 g/mol. The highest BCUT2D eigenvalue weighted by atomic mass is 79.9. The maximum atomic E-state index is 10.4. The second-order valence-corrected chi connectivity index (χ2v) is 2.81. The van der Waals surface area contributed by atoms with Gasteiger partial charge in [-0.15, -0.1) is 0 Å². The van der Waals surface area contributed by atoms with E-state index < -0.39 is 4.92 Å². The van der Waals surface area contributed by atoms with Gasteiger partial charge in [0.25, 0.3) is 5.69 Å². The molecular weight excluding hydrogens is 226 g/mol. The van der Waals surface area contributed by atoms with Crippen LogP contribution < -0.4 is 5.73 Å². The molecule has 0 aromatic carbocycles. The van der Waals surface area contributed by atoms with Crippen LogP contribution in [-0.4, -0.2) is 9.91 Å². The van der Waals surface area contributed by atoms with Crippen molar-refractivity contribution in [1.82, 2.24) is 4.98 Å². The second-order valence-electron chi connectivity index (χ2n) is 2.06. The molecule has 0 bridgehead atoms. The van der Waals surface area contributed by atoms with E-state index in [-0.39, 0.29) is 12.2 Å². The molecule has 0 aliphatic carbocycles. The number of halogens is 1. The van der Waals surface area contributed by atoms with Gasteiger partial charge in [-0.2, -0.15) is 0 Å². The number of aromatic nitrogens is 1. The molecule has 2 N–H and O–H groups in total. The van der Waals surface area contributed by atoms with Crippen LogP contribution in [0.15, 0.2) is 16.9 Å². The Morgan fingerprint density at radius 3 is 2.83 bits per heavy atom. The van der Waals surface area contributed by atoms with Gasteiger partial charge in [-0.25, -0.2) is 4.98 Å². The Hall–Kier alpha value is -1.01. The molecule has 1 aromatic heterocycles. The normalized spacial score (nSPS) is 9.83. The van der Waals surface area contributed by atoms with Gasteiger partial charge in [0, 0.05) is 18.8 Å². The fourth-order valence-electron chi connectivity index (χ4n) is 0.817. The van der Waals surface area contributed by atoms with Crippen LogP contribution in [0.5, 0.6) is 0 Å². The first kappa shape index (κ1) is 9.08. The number of hydrogen-bond donors (Lipinski definition) is 1. The molecule has 0 atom stereocenters. The van der Waals surface area contributed by atoms with E-state index in [9.17, 15) is 10.1 Å². The lowest BCUT2D eigenvalue weighted by Crippen LogP contribution is -2.03. The van der Waals surface area contributed by atoms with Crippen LogP contribution in [-0.2, 0) is 6.54 Å². The number of nitrogens with two attached hydrogens (primary N) is 1. The van der Waals surface area contributed by atoms with Crippen LogP contribution in [0.25, 0.3) is 0 Å². The number of nitrogens with zero attached hydrogens (tertiary/aromatic N) is 2. The predicted octanol–water partition coefficient (Wildman–Crippen LogP) is 1.21. The monoisotopic (exact) mass is 231 g/mol. The summed E-state index contributed by atoms with van der Waals surface area (Å²) < 4.78 is 0.430. The van der Waals surface area contributed by atoms with Crippen molar-refractivity contribution < 1.29 is 4.92 Å². The molecule has 5 nitrogen and oxygen atoms in total. The summed E-state index contributed by atoms with van der Waals surface area (Å²) in [5.74, 6) is 0. The highest BCUT2D eigenvalue weighted by molar-refractivity contribution is 9.10. The minimum atomic E-state index is -0.478. The van der Waals surface area contributed by atoms with Crippen LogP contribution in [0.3, 0.4) is 0 Å². The summed E-state index contributed by atoms with van der Waals surface area (Å²) in [4.78, 5) is 13.8. The minimum absolute atomic E-state index is 0.000579. The molecule has 64 valence electrons. The van der Waals surface area contributed by atoms with Crippen molar-refractivity contribution in [2.45, 2.75) is 6.54 Å². The molecule has 0 fully saturated rings. The smallest absolute Gasteiger partial charge is 0.278 e. The van der Waals surface area contributed by atoms with Crippen molar-refractivity contribution in [3.63, 3.8) is 0 Å². The van der Waals surface area contributed by atoms with Crippen LogP contribution in [0.2, 0.25) is 0 Å². The molecule has 0 saturated heterocycles. The first-order chi connectivity index (χ1) is 5.66. The maximum Gasteiger partial charge on any atom is 0.278 e. The molecule has 0 radical (unpaired) electrons. The van der Waals surface area contributed by atoms with Crippen molar-refractivity contribution in [3.05, 3.63) is 32.5 Å². The van der Waals surface area contributed by atoms with Crippen LogP contribution in [0, 0.1) is 10.1 Å². The second kappa shape index (κ2) is 3.59. The molecule has 0 aliphatic heterocycles. The quantitative estimate of drug-likeness (QED) is 0.472. The van der Waals surface area contributed by atoms with Crippen LogP contribution in [0.4, 0.5) is 5.69 Å². The Kier molecular flexibility index (Phi) is 2.72. The predicted molar refractivity (Wildman–Crippen MR) is 46.5 cm³/mol. The van der Waals surface area contributed by atoms with Gasteiger partial charge in [0.05, 0.1) is 10.5 Å². The van der Waals surface area contributed by atoms with Gasteiger partial charge in [-0.1, -0.05) is 0 Å². The summed E-state index contributed by atoms with van der Waals surface area (Å²) in [6.45, 7) is 0.102. The number of rotatable bonds is 2. The van der Waals surface area contributed by atoms with E-state index >= 15 is 0 Å². The fraction of sp³-hybridized carbons (Fsp3) is 0.167. The van der Waals surface area contributed by atoms with Gasteiger partial charge in [0.15, 0.2) is 0 Å². The zero-order valence-electron chi connectivity index (χ0n) is 6.03. The van der Waals surface area contributed by atoms with Gasteiger partial charge in [-0.05, 0) is 15.9 Å². The SMILES string of the molecule is NCc1c([N+](=O)[O-])ccnc1Br. The van der Waals surface area contributed by atoms with Gasteiger partial charge >= 0.3 is 0 Å². The lowest BCUT2D eigenvalue weighted by molar-refractivity contribution is -0.385. The Labute approximate surface area is 76.9 Å². The lowest BCUT2D eigenvalue weighted by Gasteiger charge is -1.99. The Morgan fingerprint density at radius 2 is 2.42 bits per heavy atom. The van der Waals surface area contributed by atoms with E-state index in [1.165, 1.54) is 12.3 Å². The molecule has 0 spiro atoms. The van der Waals surface area contributed by atoms with E-state index in [1.54, 1.807) is 0 Å². The summed E-state index contributed by atoms with van der Waals surface area (Å²) in [6.07, 6.45) is 1.36. The molecule has 1 heterocycles. The van der Waals surface area contributed by atoms with E-state index in [2.05, 4.69) is 20.9 Å². The number of hydrogen-bond acceptors (Lipinski definition) is 4. The van der Waals surface area contributed by atoms with Crippen molar-refractivity contribution in [1.29, 1.82) is 0 Å². The first-order valence-corrected chi connectivity index (χ1v) is 3.94.